The van der Waals surface area contributed by atoms with Crippen LogP contribution in [-0.2, 0) is 13.0 Å². The molecule has 0 aromatic heterocycles. The zero-order valence-electron chi connectivity index (χ0n) is 13.0. The van der Waals surface area contributed by atoms with Crippen molar-refractivity contribution in [3.8, 4) is 0 Å². The molecule has 2 rings (SSSR count). The Morgan fingerprint density at radius 1 is 0.727 bits per heavy atom. The summed E-state index contributed by atoms with van der Waals surface area (Å²) in [4.78, 5) is 0. The van der Waals surface area contributed by atoms with Gasteiger partial charge < -0.3 is 10.6 Å². The monoisotopic (exact) mass is 300 g/mol. The van der Waals surface area contributed by atoms with Gasteiger partial charge in [0.1, 0.15) is 5.82 Å². The number of nitrogens with one attached hydrogen (secondary N) is 2. The van der Waals surface area contributed by atoms with Crippen LogP contribution in [0, 0.1) is 5.82 Å². The van der Waals surface area contributed by atoms with Crippen LogP contribution in [0.1, 0.15) is 24.0 Å². The van der Waals surface area contributed by atoms with Crippen LogP contribution in [0.5, 0.6) is 0 Å². The molecule has 118 valence electrons. The lowest BCUT2D eigenvalue weighted by atomic mass is 10.1. The van der Waals surface area contributed by atoms with Gasteiger partial charge in [-0.2, -0.15) is 0 Å². The summed E-state index contributed by atoms with van der Waals surface area (Å²) in [6.07, 6.45) is 3.54. The minimum atomic E-state index is -0.135. The molecule has 22 heavy (non-hydrogen) atoms. The maximum absolute atomic E-state index is 13.4. The molecule has 0 radical (unpaired) electrons. The third-order valence-corrected chi connectivity index (χ3v) is 3.66. The number of halogens is 1. The molecule has 2 aromatic rings. The Morgan fingerprint density at radius 3 is 2.27 bits per heavy atom. The Balaban J connectivity index is 1.44. The van der Waals surface area contributed by atoms with Crippen LogP contribution >= 0.6 is 0 Å². The van der Waals surface area contributed by atoms with E-state index in [9.17, 15) is 4.39 Å². The highest BCUT2D eigenvalue weighted by Gasteiger charge is 1.98. The van der Waals surface area contributed by atoms with Crippen molar-refractivity contribution in [1.82, 2.24) is 10.6 Å². The largest absolute Gasteiger partial charge is 0.315 e. The quantitative estimate of drug-likeness (QED) is 0.656. The van der Waals surface area contributed by atoms with Gasteiger partial charge in [0.2, 0.25) is 0 Å². The number of hydrogen-bond acceptors (Lipinski definition) is 2. The van der Waals surface area contributed by atoms with E-state index in [2.05, 4.69) is 41.0 Å². The van der Waals surface area contributed by atoms with E-state index >= 15 is 0 Å². The van der Waals surface area contributed by atoms with Gasteiger partial charge in [-0.3, -0.25) is 0 Å². The fraction of sp³-hybridized carbons (Fsp3) is 0.368. The second-order valence-corrected chi connectivity index (χ2v) is 5.46. The first kappa shape index (κ1) is 16.7. The van der Waals surface area contributed by atoms with Gasteiger partial charge in [0.25, 0.3) is 0 Å². The van der Waals surface area contributed by atoms with Crippen LogP contribution in [0.15, 0.2) is 54.6 Å². The van der Waals surface area contributed by atoms with Crippen molar-refractivity contribution < 1.29 is 4.39 Å². The fourth-order valence-corrected chi connectivity index (χ4v) is 2.39. The molecular weight excluding hydrogens is 275 g/mol. The van der Waals surface area contributed by atoms with E-state index in [0.717, 1.165) is 31.6 Å². The zero-order chi connectivity index (χ0) is 15.5. The van der Waals surface area contributed by atoms with Crippen molar-refractivity contribution in [2.45, 2.75) is 25.8 Å². The number of rotatable bonds is 10. The lowest BCUT2D eigenvalue weighted by Gasteiger charge is -2.07. The van der Waals surface area contributed by atoms with Crippen molar-refractivity contribution >= 4 is 0 Å². The molecule has 0 saturated heterocycles. The van der Waals surface area contributed by atoms with Crippen molar-refractivity contribution in [3.63, 3.8) is 0 Å². The maximum Gasteiger partial charge on any atom is 0.127 e. The predicted octanol–water partition coefficient (Wildman–Crippen LogP) is 3.53. The third kappa shape index (κ3) is 6.37. The Morgan fingerprint density at radius 2 is 1.45 bits per heavy atom. The number of hydrogen-bond donors (Lipinski definition) is 2. The van der Waals surface area contributed by atoms with E-state index in [1.54, 1.807) is 6.07 Å². The average molecular weight is 300 g/mol. The number of unbranched alkanes of at least 4 members (excludes halogenated alkanes) is 1. The van der Waals surface area contributed by atoms with E-state index in [1.165, 1.54) is 24.5 Å². The molecule has 0 bridgehead atoms. The van der Waals surface area contributed by atoms with Crippen molar-refractivity contribution in [2.75, 3.05) is 19.6 Å². The summed E-state index contributed by atoms with van der Waals surface area (Å²) < 4.78 is 13.4. The molecule has 0 aliphatic heterocycles. The summed E-state index contributed by atoms with van der Waals surface area (Å²) in [5, 5.41) is 6.67. The molecule has 0 spiro atoms. The standard InChI is InChI=1S/C19H25FN2/c20-19-12-5-4-11-18(19)16-22-15-14-21-13-7-6-10-17-8-2-1-3-9-17/h1-5,8-9,11-12,21-22H,6-7,10,13-16H2. The minimum absolute atomic E-state index is 0.135. The van der Waals surface area contributed by atoms with Crippen LogP contribution in [0.3, 0.4) is 0 Å². The van der Waals surface area contributed by atoms with Gasteiger partial charge in [0.15, 0.2) is 0 Å². The van der Waals surface area contributed by atoms with Crippen LogP contribution in [0.4, 0.5) is 4.39 Å². The fourth-order valence-electron chi connectivity index (χ4n) is 2.39. The molecule has 0 saturated carbocycles. The molecule has 0 amide bonds. The average Bonchev–Trinajstić information content (AvgIpc) is 2.56. The van der Waals surface area contributed by atoms with Gasteiger partial charge in [-0.05, 0) is 37.4 Å². The molecule has 2 nitrogen and oxygen atoms in total. The maximum atomic E-state index is 13.4. The Bertz CT molecular complexity index is 528. The second kappa shape index (κ2) is 10.1. The first-order valence-electron chi connectivity index (χ1n) is 8.05. The SMILES string of the molecule is Fc1ccccc1CNCCNCCCCc1ccccc1. The predicted molar refractivity (Wildman–Crippen MR) is 90.4 cm³/mol. The molecule has 0 aliphatic rings. The molecular formula is C19H25FN2. The first-order valence-corrected chi connectivity index (χ1v) is 8.05. The highest BCUT2D eigenvalue weighted by atomic mass is 19.1. The lowest BCUT2D eigenvalue weighted by molar-refractivity contribution is 0.564. The third-order valence-electron chi connectivity index (χ3n) is 3.66. The summed E-state index contributed by atoms with van der Waals surface area (Å²) in [7, 11) is 0. The second-order valence-electron chi connectivity index (χ2n) is 5.46. The summed E-state index contributed by atoms with van der Waals surface area (Å²) >= 11 is 0. The van der Waals surface area contributed by atoms with E-state index in [0.29, 0.717) is 6.54 Å². The van der Waals surface area contributed by atoms with Crippen molar-refractivity contribution in [1.29, 1.82) is 0 Å². The topological polar surface area (TPSA) is 24.1 Å². The van der Waals surface area contributed by atoms with Crippen LogP contribution in [0.2, 0.25) is 0 Å². The smallest absolute Gasteiger partial charge is 0.127 e. The van der Waals surface area contributed by atoms with Crippen LogP contribution < -0.4 is 10.6 Å². The summed E-state index contributed by atoms with van der Waals surface area (Å²) in [5.74, 6) is -0.135. The summed E-state index contributed by atoms with van der Waals surface area (Å²) in [6, 6.07) is 17.5. The molecule has 3 heteroatoms. The highest BCUT2D eigenvalue weighted by molar-refractivity contribution is 5.17. The molecule has 0 aliphatic carbocycles. The Hall–Kier alpha value is -1.71. The summed E-state index contributed by atoms with van der Waals surface area (Å²) in [5.41, 5.74) is 2.14. The van der Waals surface area contributed by atoms with E-state index in [-0.39, 0.29) is 5.82 Å². The molecule has 2 N–H and O–H groups in total. The van der Waals surface area contributed by atoms with Crippen LogP contribution in [-0.4, -0.2) is 19.6 Å². The van der Waals surface area contributed by atoms with Gasteiger partial charge in [0, 0.05) is 25.2 Å². The normalized spacial score (nSPS) is 10.8. The lowest BCUT2D eigenvalue weighted by Crippen LogP contribution is -2.27. The van der Waals surface area contributed by atoms with Crippen LogP contribution in [0.25, 0.3) is 0 Å². The number of aryl methyl sites for hydroxylation is 1. The molecule has 0 atom stereocenters. The van der Waals surface area contributed by atoms with Crippen molar-refractivity contribution in [3.05, 3.63) is 71.5 Å². The molecule has 0 fully saturated rings. The van der Waals surface area contributed by atoms with Gasteiger partial charge in [-0.15, -0.1) is 0 Å². The minimum Gasteiger partial charge on any atom is -0.315 e. The van der Waals surface area contributed by atoms with E-state index in [4.69, 9.17) is 0 Å². The molecule has 0 unspecified atom stereocenters. The first-order chi connectivity index (χ1) is 10.9. The van der Waals surface area contributed by atoms with Gasteiger partial charge in [-0.1, -0.05) is 48.5 Å². The highest BCUT2D eigenvalue weighted by Crippen LogP contribution is 2.05. The van der Waals surface area contributed by atoms with Gasteiger partial charge in [0.05, 0.1) is 0 Å². The summed E-state index contributed by atoms with van der Waals surface area (Å²) in [6.45, 7) is 3.39. The van der Waals surface area contributed by atoms with Gasteiger partial charge in [-0.25, -0.2) is 4.39 Å². The number of benzene rings is 2. The Labute approximate surface area is 132 Å². The van der Waals surface area contributed by atoms with E-state index < -0.39 is 0 Å². The zero-order valence-corrected chi connectivity index (χ0v) is 13.0. The Kier molecular flexibility index (Phi) is 7.64. The molecule has 2 aromatic carbocycles. The molecule has 0 heterocycles. The van der Waals surface area contributed by atoms with Crippen molar-refractivity contribution in [2.24, 2.45) is 0 Å². The van der Waals surface area contributed by atoms with Gasteiger partial charge >= 0.3 is 0 Å². The van der Waals surface area contributed by atoms with E-state index in [1.807, 2.05) is 12.1 Å².